The lowest BCUT2D eigenvalue weighted by Gasteiger charge is -2.10. The minimum Gasteiger partial charge on any atom is -0.492 e. The number of aryl methyl sites for hydroxylation is 1. The van der Waals surface area contributed by atoms with Crippen LogP contribution in [0.4, 0.5) is 5.69 Å². The van der Waals surface area contributed by atoms with Gasteiger partial charge in [-0.05, 0) is 36.2 Å². The fourth-order valence-corrected chi connectivity index (χ4v) is 2.15. The lowest BCUT2D eigenvalue weighted by atomic mass is 10.1. The van der Waals surface area contributed by atoms with E-state index in [4.69, 9.17) is 22.1 Å². The molecule has 2 aromatic rings. The first-order valence-electron chi connectivity index (χ1n) is 6.47. The Labute approximate surface area is 122 Å². The Morgan fingerprint density at radius 1 is 1.30 bits per heavy atom. The predicted molar refractivity (Wildman–Crippen MR) is 81.4 cm³/mol. The van der Waals surface area contributed by atoms with Gasteiger partial charge in [0, 0.05) is 23.0 Å². The third kappa shape index (κ3) is 3.54. The Morgan fingerprint density at radius 2 is 2.10 bits per heavy atom. The van der Waals surface area contributed by atoms with Crippen molar-refractivity contribution in [1.82, 2.24) is 4.57 Å². The van der Waals surface area contributed by atoms with Crippen LogP contribution in [-0.2, 0) is 13.0 Å². The quantitative estimate of drug-likeness (QED) is 0.922. The highest BCUT2D eigenvalue weighted by atomic mass is 35.5. The summed E-state index contributed by atoms with van der Waals surface area (Å²) in [6, 6.07) is 8.61. The average Bonchev–Trinajstić information content (AvgIpc) is 2.44. The number of nitrogen functional groups attached to an aromatic ring is 1. The van der Waals surface area contributed by atoms with Crippen LogP contribution in [0.3, 0.4) is 0 Å². The molecule has 4 nitrogen and oxygen atoms in total. The molecule has 0 bridgehead atoms. The van der Waals surface area contributed by atoms with Gasteiger partial charge in [-0.25, -0.2) is 0 Å². The zero-order valence-corrected chi connectivity index (χ0v) is 12.1. The number of hydrogen-bond donors (Lipinski definition) is 1. The van der Waals surface area contributed by atoms with E-state index < -0.39 is 0 Å². The summed E-state index contributed by atoms with van der Waals surface area (Å²) in [6.07, 6.45) is 2.47. The van der Waals surface area contributed by atoms with Crippen LogP contribution in [0, 0.1) is 0 Å². The third-order valence-corrected chi connectivity index (χ3v) is 3.37. The highest BCUT2D eigenvalue weighted by Gasteiger charge is 2.02. The van der Waals surface area contributed by atoms with Crippen LogP contribution in [0.15, 0.2) is 41.3 Å². The minimum absolute atomic E-state index is 0.0897. The van der Waals surface area contributed by atoms with Gasteiger partial charge in [-0.3, -0.25) is 4.79 Å². The van der Waals surface area contributed by atoms with E-state index in [1.807, 2.05) is 25.1 Å². The number of rotatable bonds is 5. The molecule has 0 unspecified atom stereocenters. The van der Waals surface area contributed by atoms with Crippen molar-refractivity contribution in [2.75, 3.05) is 12.3 Å². The van der Waals surface area contributed by atoms with Crippen LogP contribution in [0.1, 0.15) is 12.5 Å². The second-order valence-corrected chi connectivity index (χ2v) is 4.86. The maximum Gasteiger partial charge on any atom is 0.250 e. The number of benzene rings is 1. The molecular formula is C15H17ClN2O2. The topological polar surface area (TPSA) is 57.2 Å². The second-order valence-electron chi connectivity index (χ2n) is 4.45. The third-order valence-electron chi connectivity index (χ3n) is 3.01. The zero-order chi connectivity index (χ0) is 14.5. The molecule has 5 heteroatoms. The summed E-state index contributed by atoms with van der Waals surface area (Å²) in [6.45, 7) is 2.89. The monoisotopic (exact) mass is 292 g/mol. The van der Waals surface area contributed by atoms with Crippen molar-refractivity contribution in [2.45, 2.75) is 19.9 Å². The van der Waals surface area contributed by atoms with Crippen molar-refractivity contribution in [3.63, 3.8) is 0 Å². The van der Waals surface area contributed by atoms with Crippen molar-refractivity contribution in [2.24, 2.45) is 0 Å². The molecule has 2 rings (SSSR count). The molecule has 0 radical (unpaired) electrons. The highest BCUT2D eigenvalue weighted by Crippen LogP contribution is 2.22. The van der Waals surface area contributed by atoms with Crippen LogP contribution in [0.2, 0.25) is 5.02 Å². The molecule has 0 spiro atoms. The molecule has 1 heterocycles. The van der Waals surface area contributed by atoms with Gasteiger partial charge in [0.15, 0.2) is 0 Å². The van der Waals surface area contributed by atoms with Gasteiger partial charge in [0.2, 0.25) is 0 Å². The fraction of sp³-hybridized carbons (Fsp3) is 0.267. The summed E-state index contributed by atoms with van der Waals surface area (Å²) in [5.74, 6) is 0.753. The number of nitrogens with two attached hydrogens (primary N) is 1. The van der Waals surface area contributed by atoms with E-state index in [1.165, 1.54) is 10.6 Å². The average molecular weight is 293 g/mol. The number of pyridine rings is 1. The van der Waals surface area contributed by atoms with Crippen LogP contribution < -0.4 is 16.0 Å². The van der Waals surface area contributed by atoms with Gasteiger partial charge >= 0.3 is 0 Å². The van der Waals surface area contributed by atoms with Crippen molar-refractivity contribution in [3.05, 3.63) is 57.5 Å². The standard InChI is InChI=1S/C15H17ClN2O2/c1-2-11-9-13(4-5-14(11)16)20-8-7-18-10-12(17)3-6-15(18)19/h3-6,9-10H,2,7-8,17H2,1H3. The first-order valence-corrected chi connectivity index (χ1v) is 6.85. The summed E-state index contributed by atoms with van der Waals surface area (Å²) in [7, 11) is 0. The first-order chi connectivity index (χ1) is 9.60. The molecule has 2 N–H and O–H groups in total. The molecule has 0 aliphatic heterocycles. The molecule has 0 fully saturated rings. The molecular weight excluding hydrogens is 276 g/mol. The lowest BCUT2D eigenvalue weighted by molar-refractivity contribution is 0.296. The molecule has 0 saturated heterocycles. The van der Waals surface area contributed by atoms with E-state index in [0.29, 0.717) is 18.8 Å². The van der Waals surface area contributed by atoms with Gasteiger partial charge < -0.3 is 15.0 Å². The summed E-state index contributed by atoms with van der Waals surface area (Å²) in [5, 5.41) is 0.743. The maximum absolute atomic E-state index is 11.6. The van der Waals surface area contributed by atoms with E-state index in [9.17, 15) is 4.79 Å². The van der Waals surface area contributed by atoms with Gasteiger partial charge in [0.25, 0.3) is 5.56 Å². The summed E-state index contributed by atoms with van der Waals surface area (Å²) < 4.78 is 7.18. The molecule has 0 saturated carbocycles. The summed E-state index contributed by atoms with van der Waals surface area (Å²) in [4.78, 5) is 11.6. The van der Waals surface area contributed by atoms with E-state index in [-0.39, 0.29) is 5.56 Å². The molecule has 0 atom stereocenters. The summed E-state index contributed by atoms with van der Waals surface area (Å²) >= 11 is 6.05. The Balaban J connectivity index is 1.99. The Kier molecular flexibility index (Phi) is 4.69. The maximum atomic E-state index is 11.6. The molecule has 0 aliphatic carbocycles. The molecule has 0 amide bonds. The van der Waals surface area contributed by atoms with Crippen LogP contribution in [0.5, 0.6) is 5.75 Å². The van der Waals surface area contributed by atoms with Crippen molar-refractivity contribution >= 4 is 17.3 Å². The smallest absolute Gasteiger partial charge is 0.250 e. The highest BCUT2D eigenvalue weighted by molar-refractivity contribution is 6.31. The molecule has 1 aromatic heterocycles. The van der Waals surface area contributed by atoms with E-state index in [0.717, 1.165) is 22.8 Å². The number of halogens is 1. The van der Waals surface area contributed by atoms with Gasteiger partial charge in [-0.2, -0.15) is 0 Å². The normalized spacial score (nSPS) is 10.5. The lowest BCUT2D eigenvalue weighted by Crippen LogP contribution is -2.22. The van der Waals surface area contributed by atoms with Gasteiger partial charge in [0.05, 0.1) is 6.54 Å². The number of anilines is 1. The Morgan fingerprint density at radius 3 is 2.85 bits per heavy atom. The molecule has 0 aliphatic rings. The fourth-order valence-electron chi connectivity index (χ4n) is 1.90. The Hall–Kier alpha value is -1.94. The zero-order valence-electron chi connectivity index (χ0n) is 11.3. The van der Waals surface area contributed by atoms with E-state index in [2.05, 4.69) is 0 Å². The number of aromatic nitrogens is 1. The van der Waals surface area contributed by atoms with Crippen molar-refractivity contribution in [1.29, 1.82) is 0 Å². The largest absolute Gasteiger partial charge is 0.492 e. The number of nitrogens with zero attached hydrogens (tertiary/aromatic N) is 1. The summed E-state index contributed by atoms with van der Waals surface area (Å²) in [5.41, 5.74) is 7.17. The number of hydrogen-bond acceptors (Lipinski definition) is 3. The van der Waals surface area contributed by atoms with E-state index >= 15 is 0 Å². The number of ether oxygens (including phenoxy) is 1. The first kappa shape index (κ1) is 14.5. The van der Waals surface area contributed by atoms with Crippen LogP contribution in [-0.4, -0.2) is 11.2 Å². The van der Waals surface area contributed by atoms with Crippen molar-refractivity contribution in [3.8, 4) is 5.75 Å². The van der Waals surface area contributed by atoms with Crippen molar-refractivity contribution < 1.29 is 4.74 Å². The van der Waals surface area contributed by atoms with Crippen LogP contribution >= 0.6 is 11.6 Å². The van der Waals surface area contributed by atoms with Gasteiger partial charge in [0.1, 0.15) is 12.4 Å². The van der Waals surface area contributed by atoms with E-state index in [1.54, 1.807) is 12.3 Å². The predicted octanol–water partition coefficient (Wildman–Crippen LogP) is 2.73. The Bertz CT molecular complexity index is 653. The van der Waals surface area contributed by atoms with Crippen LogP contribution in [0.25, 0.3) is 0 Å². The SMILES string of the molecule is CCc1cc(OCCn2cc(N)ccc2=O)ccc1Cl. The second kappa shape index (κ2) is 6.48. The van der Waals surface area contributed by atoms with Gasteiger partial charge in [-0.15, -0.1) is 0 Å². The molecule has 106 valence electrons. The minimum atomic E-state index is -0.0897. The molecule has 1 aromatic carbocycles. The van der Waals surface area contributed by atoms with Gasteiger partial charge in [-0.1, -0.05) is 18.5 Å². The molecule has 20 heavy (non-hydrogen) atoms.